The fourth-order valence-corrected chi connectivity index (χ4v) is 2.75. The molecular formula is C16H19Cl2N5O. The Kier molecular flexibility index (Phi) is 6.09. The smallest absolute Gasteiger partial charge is 0.224 e. The number of halogens is 2. The molecule has 0 bridgehead atoms. The molecule has 2 N–H and O–H groups in total. The molecule has 2 aromatic rings. The van der Waals surface area contributed by atoms with Crippen LogP contribution in [0.1, 0.15) is 0 Å². The Labute approximate surface area is 151 Å². The summed E-state index contributed by atoms with van der Waals surface area (Å²) >= 11 is 12.2. The fourth-order valence-electron chi connectivity index (χ4n) is 2.40. The van der Waals surface area contributed by atoms with Crippen molar-refractivity contribution in [2.75, 3.05) is 50.0 Å². The predicted molar refractivity (Wildman–Crippen MR) is 97.5 cm³/mol. The summed E-state index contributed by atoms with van der Waals surface area (Å²) in [4.78, 5) is 11.0. The predicted octanol–water partition coefficient (Wildman–Crippen LogP) is 3.27. The van der Waals surface area contributed by atoms with Crippen molar-refractivity contribution in [3.63, 3.8) is 0 Å². The van der Waals surface area contributed by atoms with Crippen molar-refractivity contribution in [3.8, 4) is 0 Å². The number of benzene rings is 1. The lowest BCUT2D eigenvalue weighted by atomic mass is 10.3. The van der Waals surface area contributed by atoms with E-state index in [-0.39, 0.29) is 0 Å². The van der Waals surface area contributed by atoms with Gasteiger partial charge in [-0.05, 0) is 18.2 Å². The third-order valence-electron chi connectivity index (χ3n) is 3.68. The summed E-state index contributed by atoms with van der Waals surface area (Å²) in [5.74, 6) is 1.23. The minimum absolute atomic E-state index is 0.472. The number of nitrogens with one attached hydrogen (secondary N) is 2. The number of morpholine rings is 1. The highest BCUT2D eigenvalue weighted by Crippen LogP contribution is 2.31. The van der Waals surface area contributed by atoms with E-state index in [0.29, 0.717) is 27.5 Å². The zero-order chi connectivity index (χ0) is 16.8. The minimum Gasteiger partial charge on any atom is -0.379 e. The van der Waals surface area contributed by atoms with E-state index < -0.39 is 0 Å². The van der Waals surface area contributed by atoms with Crippen LogP contribution in [0, 0.1) is 0 Å². The van der Waals surface area contributed by atoms with Crippen molar-refractivity contribution in [1.82, 2.24) is 14.9 Å². The number of hydrogen-bond donors (Lipinski definition) is 2. The molecule has 2 heterocycles. The Morgan fingerprint density at radius 3 is 2.83 bits per heavy atom. The van der Waals surface area contributed by atoms with Crippen LogP contribution < -0.4 is 10.6 Å². The maximum absolute atomic E-state index is 6.18. The third-order valence-corrected chi connectivity index (χ3v) is 4.50. The number of aromatic nitrogens is 2. The van der Waals surface area contributed by atoms with Gasteiger partial charge in [-0.3, -0.25) is 4.90 Å². The maximum atomic E-state index is 6.18. The maximum Gasteiger partial charge on any atom is 0.224 e. The number of hydrogen-bond acceptors (Lipinski definition) is 6. The van der Waals surface area contributed by atoms with Gasteiger partial charge in [-0.15, -0.1) is 0 Å². The molecular weight excluding hydrogens is 349 g/mol. The van der Waals surface area contributed by atoms with Crippen molar-refractivity contribution in [1.29, 1.82) is 0 Å². The van der Waals surface area contributed by atoms with E-state index in [4.69, 9.17) is 27.9 Å². The molecule has 0 radical (unpaired) electrons. The molecule has 0 aliphatic carbocycles. The average Bonchev–Trinajstić information content (AvgIpc) is 2.60. The van der Waals surface area contributed by atoms with Gasteiger partial charge in [-0.2, -0.15) is 4.98 Å². The molecule has 1 aliphatic rings. The van der Waals surface area contributed by atoms with Gasteiger partial charge in [-0.25, -0.2) is 4.98 Å². The monoisotopic (exact) mass is 367 g/mol. The quantitative estimate of drug-likeness (QED) is 0.816. The molecule has 1 saturated heterocycles. The van der Waals surface area contributed by atoms with Crippen LogP contribution in [0.2, 0.25) is 10.0 Å². The largest absolute Gasteiger partial charge is 0.379 e. The SMILES string of the molecule is Clc1cccc(Nc2ccnc(NCCN3CCOCC3)n2)c1Cl. The van der Waals surface area contributed by atoms with Crippen LogP contribution in [-0.2, 0) is 4.74 Å². The zero-order valence-corrected chi connectivity index (χ0v) is 14.6. The third kappa shape index (κ3) is 4.70. The van der Waals surface area contributed by atoms with E-state index in [9.17, 15) is 0 Å². The van der Waals surface area contributed by atoms with Crippen LogP contribution in [0.15, 0.2) is 30.5 Å². The van der Waals surface area contributed by atoms with Crippen LogP contribution in [0.3, 0.4) is 0 Å². The van der Waals surface area contributed by atoms with Crippen molar-refractivity contribution in [2.45, 2.75) is 0 Å². The molecule has 1 aliphatic heterocycles. The summed E-state index contributed by atoms with van der Waals surface area (Å²) in [5.41, 5.74) is 0.710. The Morgan fingerprint density at radius 1 is 1.17 bits per heavy atom. The second-order valence-electron chi connectivity index (χ2n) is 5.37. The Morgan fingerprint density at radius 2 is 2.00 bits per heavy atom. The fraction of sp³-hybridized carbons (Fsp3) is 0.375. The number of anilines is 3. The standard InChI is InChI=1S/C16H19Cl2N5O/c17-12-2-1-3-13(15(12)18)21-14-4-5-19-16(22-14)20-6-7-23-8-10-24-11-9-23/h1-5H,6-11H2,(H2,19,20,21,22). The van der Waals surface area contributed by atoms with Crippen LogP contribution in [0.5, 0.6) is 0 Å². The topological polar surface area (TPSA) is 62.3 Å². The molecule has 8 heteroatoms. The first kappa shape index (κ1) is 17.2. The van der Waals surface area contributed by atoms with Gasteiger partial charge in [0.2, 0.25) is 5.95 Å². The highest BCUT2D eigenvalue weighted by Gasteiger charge is 2.10. The number of ether oxygens (including phenoxy) is 1. The highest BCUT2D eigenvalue weighted by atomic mass is 35.5. The molecule has 0 saturated carbocycles. The van der Waals surface area contributed by atoms with Crippen molar-refractivity contribution >= 4 is 40.7 Å². The van der Waals surface area contributed by atoms with Gasteiger partial charge < -0.3 is 15.4 Å². The summed E-state index contributed by atoms with van der Waals surface area (Å²) in [6.45, 7) is 5.26. The van der Waals surface area contributed by atoms with Crippen LogP contribution in [-0.4, -0.2) is 54.3 Å². The molecule has 3 rings (SSSR count). The van der Waals surface area contributed by atoms with Gasteiger partial charge in [0.15, 0.2) is 0 Å². The Hall–Kier alpha value is -1.60. The summed E-state index contributed by atoms with van der Waals surface area (Å²) < 4.78 is 5.34. The van der Waals surface area contributed by atoms with Crippen molar-refractivity contribution < 1.29 is 4.74 Å². The van der Waals surface area contributed by atoms with E-state index in [2.05, 4.69) is 25.5 Å². The Balaban J connectivity index is 1.56. The molecule has 24 heavy (non-hydrogen) atoms. The van der Waals surface area contributed by atoms with E-state index >= 15 is 0 Å². The normalized spacial score (nSPS) is 15.2. The van der Waals surface area contributed by atoms with Crippen LogP contribution >= 0.6 is 23.2 Å². The first-order valence-electron chi connectivity index (χ1n) is 7.80. The summed E-state index contributed by atoms with van der Waals surface area (Å²) in [7, 11) is 0. The van der Waals surface area contributed by atoms with E-state index in [0.717, 1.165) is 39.4 Å². The summed E-state index contributed by atoms with van der Waals surface area (Å²) in [6.07, 6.45) is 1.70. The molecule has 0 atom stereocenters. The lowest BCUT2D eigenvalue weighted by Gasteiger charge is -2.26. The highest BCUT2D eigenvalue weighted by molar-refractivity contribution is 6.43. The van der Waals surface area contributed by atoms with Gasteiger partial charge in [0.1, 0.15) is 5.82 Å². The lowest BCUT2D eigenvalue weighted by Crippen LogP contribution is -2.39. The second-order valence-corrected chi connectivity index (χ2v) is 6.16. The molecule has 0 spiro atoms. The van der Waals surface area contributed by atoms with Gasteiger partial charge >= 0.3 is 0 Å². The molecule has 0 unspecified atom stereocenters. The van der Waals surface area contributed by atoms with E-state index in [1.807, 2.05) is 12.1 Å². The average molecular weight is 368 g/mol. The van der Waals surface area contributed by atoms with Gasteiger partial charge in [0.05, 0.1) is 28.9 Å². The van der Waals surface area contributed by atoms with Gasteiger partial charge in [0, 0.05) is 32.4 Å². The van der Waals surface area contributed by atoms with E-state index in [1.54, 1.807) is 18.3 Å². The first-order valence-corrected chi connectivity index (χ1v) is 8.56. The lowest BCUT2D eigenvalue weighted by molar-refractivity contribution is 0.0398. The van der Waals surface area contributed by atoms with Gasteiger partial charge in [-0.1, -0.05) is 29.3 Å². The molecule has 1 aromatic heterocycles. The van der Waals surface area contributed by atoms with Crippen LogP contribution in [0.4, 0.5) is 17.5 Å². The molecule has 128 valence electrons. The van der Waals surface area contributed by atoms with E-state index in [1.165, 1.54) is 0 Å². The molecule has 1 fully saturated rings. The second kappa shape index (κ2) is 8.48. The first-order chi connectivity index (χ1) is 11.7. The summed E-state index contributed by atoms with van der Waals surface area (Å²) in [6, 6.07) is 7.21. The van der Waals surface area contributed by atoms with Crippen molar-refractivity contribution in [2.24, 2.45) is 0 Å². The molecule has 0 amide bonds. The van der Waals surface area contributed by atoms with Crippen LogP contribution in [0.25, 0.3) is 0 Å². The molecule has 6 nitrogen and oxygen atoms in total. The van der Waals surface area contributed by atoms with Gasteiger partial charge in [0.25, 0.3) is 0 Å². The zero-order valence-electron chi connectivity index (χ0n) is 13.1. The Bertz CT molecular complexity index is 679. The number of rotatable bonds is 6. The number of nitrogens with zero attached hydrogens (tertiary/aromatic N) is 3. The minimum atomic E-state index is 0.472. The molecule has 1 aromatic carbocycles. The summed E-state index contributed by atoms with van der Waals surface area (Å²) in [5, 5.41) is 7.37. The van der Waals surface area contributed by atoms with Crippen molar-refractivity contribution in [3.05, 3.63) is 40.5 Å².